The first-order valence-corrected chi connectivity index (χ1v) is 8.66. The van der Waals surface area contributed by atoms with Gasteiger partial charge in [-0.3, -0.25) is 9.80 Å². The van der Waals surface area contributed by atoms with Gasteiger partial charge < -0.3 is 4.74 Å². The van der Waals surface area contributed by atoms with Crippen LogP contribution in [0.3, 0.4) is 0 Å². The van der Waals surface area contributed by atoms with Crippen molar-refractivity contribution in [1.82, 2.24) is 9.80 Å². The van der Waals surface area contributed by atoms with Crippen LogP contribution >= 0.6 is 0 Å². The minimum Gasteiger partial charge on any atom is -0.377 e. The van der Waals surface area contributed by atoms with Gasteiger partial charge in [0.05, 0.1) is 19.3 Å². The van der Waals surface area contributed by atoms with Gasteiger partial charge in [-0.15, -0.1) is 0 Å². The largest absolute Gasteiger partial charge is 0.377 e. The van der Waals surface area contributed by atoms with E-state index in [0.717, 1.165) is 19.6 Å². The molecule has 3 nitrogen and oxygen atoms in total. The summed E-state index contributed by atoms with van der Waals surface area (Å²) >= 11 is 0. The average molecular weight is 330 g/mol. The lowest BCUT2D eigenvalue weighted by atomic mass is 9.99. The molecule has 1 aliphatic rings. The Bertz CT molecular complexity index is 394. The summed E-state index contributed by atoms with van der Waals surface area (Å²) in [5.41, 5.74) is 0. The maximum absolute atomic E-state index is 14.0. The normalized spacial score (nSPS) is 19.0. The summed E-state index contributed by atoms with van der Waals surface area (Å²) in [6.07, 6.45) is 0.238. The molecule has 1 saturated heterocycles. The number of rotatable bonds is 7. The minimum atomic E-state index is -2.92. The van der Waals surface area contributed by atoms with Crippen LogP contribution in [0.1, 0.15) is 34.6 Å². The highest BCUT2D eigenvalue weighted by molar-refractivity contribution is 5.13. The molecule has 0 N–H and O–H groups in total. The summed E-state index contributed by atoms with van der Waals surface area (Å²) in [6.45, 7) is 14.2. The Kier molecular flexibility index (Phi) is 8.46. The number of piperazine rings is 1. The van der Waals surface area contributed by atoms with Crippen LogP contribution in [0.25, 0.3) is 0 Å². The number of hydrogen-bond acceptors (Lipinski definition) is 3. The molecule has 0 aliphatic carbocycles. The van der Waals surface area contributed by atoms with E-state index in [4.69, 9.17) is 4.74 Å². The average Bonchev–Trinajstić information content (AvgIpc) is 2.46. The number of hydrogen-bond donors (Lipinski definition) is 0. The molecule has 0 aromatic rings. The van der Waals surface area contributed by atoms with Crippen LogP contribution in [0.5, 0.6) is 0 Å². The van der Waals surface area contributed by atoms with Gasteiger partial charge in [0.15, 0.2) is 0 Å². The summed E-state index contributed by atoms with van der Waals surface area (Å²) in [5.74, 6) is 2.27. The summed E-state index contributed by atoms with van der Waals surface area (Å²) in [5, 5.41) is 0. The minimum absolute atomic E-state index is 0.00122. The monoisotopic (exact) mass is 330 g/mol. The van der Waals surface area contributed by atoms with Crippen molar-refractivity contribution in [2.24, 2.45) is 11.8 Å². The fraction of sp³-hybridized carbons (Fsp3) is 0.889. The zero-order chi connectivity index (χ0) is 17.5. The molecule has 5 heteroatoms. The molecule has 23 heavy (non-hydrogen) atoms. The van der Waals surface area contributed by atoms with Crippen LogP contribution in [-0.2, 0) is 4.74 Å². The standard InChI is InChI=1S/C18H32F2N2O/c1-15(2)17(5)6-7-18(19,20)14-22-10-8-21(9-11-22)12-13-23-16(3)4/h15-17H,8-14H2,1-5H3. The van der Waals surface area contributed by atoms with Gasteiger partial charge in [0.25, 0.3) is 0 Å². The van der Waals surface area contributed by atoms with E-state index in [0.29, 0.717) is 25.6 Å². The zero-order valence-electron chi connectivity index (χ0n) is 15.2. The second kappa shape index (κ2) is 9.56. The maximum atomic E-state index is 14.0. The first-order valence-electron chi connectivity index (χ1n) is 8.66. The van der Waals surface area contributed by atoms with Crippen LogP contribution in [0.4, 0.5) is 8.78 Å². The van der Waals surface area contributed by atoms with Crippen molar-refractivity contribution < 1.29 is 13.5 Å². The molecule has 1 unspecified atom stereocenters. The third kappa shape index (κ3) is 8.64. The van der Waals surface area contributed by atoms with E-state index in [9.17, 15) is 8.78 Å². The second-order valence-electron chi connectivity index (χ2n) is 7.04. The molecule has 0 saturated carbocycles. The van der Waals surface area contributed by atoms with Crippen molar-refractivity contribution in [2.75, 3.05) is 45.9 Å². The van der Waals surface area contributed by atoms with E-state index in [-0.39, 0.29) is 18.6 Å². The van der Waals surface area contributed by atoms with Gasteiger partial charge in [0, 0.05) is 38.6 Å². The van der Waals surface area contributed by atoms with E-state index < -0.39 is 5.92 Å². The van der Waals surface area contributed by atoms with E-state index in [1.54, 1.807) is 0 Å². The van der Waals surface area contributed by atoms with Crippen LogP contribution in [-0.4, -0.2) is 67.7 Å². The lowest BCUT2D eigenvalue weighted by molar-refractivity contribution is -0.00117. The van der Waals surface area contributed by atoms with Crippen molar-refractivity contribution >= 4 is 0 Å². The summed E-state index contributed by atoms with van der Waals surface area (Å²) in [6, 6.07) is 0. The van der Waals surface area contributed by atoms with Gasteiger partial charge in [-0.2, -0.15) is 8.78 Å². The number of halogens is 2. The molecule has 0 radical (unpaired) electrons. The molecule has 1 aliphatic heterocycles. The molecule has 134 valence electrons. The SMILES string of the molecule is CC(C)OCCN1CCN(CC(F)(F)C#CC(C)C(C)C)CC1. The highest BCUT2D eigenvalue weighted by Crippen LogP contribution is 2.17. The number of nitrogens with zero attached hydrogens (tertiary/aromatic N) is 2. The van der Waals surface area contributed by atoms with Crippen LogP contribution in [0.15, 0.2) is 0 Å². The van der Waals surface area contributed by atoms with Crippen LogP contribution in [0.2, 0.25) is 0 Å². The summed E-state index contributed by atoms with van der Waals surface area (Å²) in [4.78, 5) is 4.08. The Labute approximate surface area is 140 Å². The maximum Gasteiger partial charge on any atom is 0.320 e. The molecular weight excluding hydrogens is 298 g/mol. The topological polar surface area (TPSA) is 15.7 Å². The van der Waals surface area contributed by atoms with E-state index in [1.165, 1.54) is 0 Å². The Morgan fingerprint density at radius 2 is 1.57 bits per heavy atom. The van der Waals surface area contributed by atoms with E-state index in [1.807, 2.05) is 39.5 Å². The van der Waals surface area contributed by atoms with Crippen LogP contribution in [0, 0.1) is 23.7 Å². The number of alkyl halides is 2. The van der Waals surface area contributed by atoms with Gasteiger partial charge in [-0.25, -0.2) is 0 Å². The fourth-order valence-electron chi connectivity index (χ4n) is 2.29. The Morgan fingerprint density at radius 1 is 1.00 bits per heavy atom. The van der Waals surface area contributed by atoms with Gasteiger partial charge in [0.1, 0.15) is 0 Å². The molecule has 1 rings (SSSR count). The molecule has 0 spiro atoms. The third-order valence-corrected chi connectivity index (χ3v) is 4.23. The smallest absolute Gasteiger partial charge is 0.320 e. The first-order chi connectivity index (χ1) is 10.7. The van der Waals surface area contributed by atoms with Crippen molar-refractivity contribution in [3.05, 3.63) is 0 Å². The lowest BCUT2D eigenvalue weighted by Crippen LogP contribution is -2.50. The second-order valence-corrected chi connectivity index (χ2v) is 7.04. The zero-order valence-corrected chi connectivity index (χ0v) is 15.2. The highest BCUT2D eigenvalue weighted by Gasteiger charge is 2.31. The van der Waals surface area contributed by atoms with E-state index in [2.05, 4.69) is 16.7 Å². The van der Waals surface area contributed by atoms with Crippen molar-refractivity contribution in [3.63, 3.8) is 0 Å². The van der Waals surface area contributed by atoms with Gasteiger partial charge >= 0.3 is 5.92 Å². The Balaban J connectivity index is 2.34. The molecule has 0 aromatic carbocycles. The van der Waals surface area contributed by atoms with E-state index >= 15 is 0 Å². The molecule has 1 atom stereocenters. The summed E-state index contributed by atoms with van der Waals surface area (Å²) < 4.78 is 33.5. The van der Waals surface area contributed by atoms with Crippen molar-refractivity contribution in [2.45, 2.75) is 46.6 Å². The molecule has 0 aromatic heterocycles. The van der Waals surface area contributed by atoms with Gasteiger partial charge in [-0.05, 0) is 25.7 Å². The van der Waals surface area contributed by atoms with Crippen molar-refractivity contribution in [1.29, 1.82) is 0 Å². The fourth-order valence-corrected chi connectivity index (χ4v) is 2.29. The van der Waals surface area contributed by atoms with Gasteiger partial charge in [-0.1, -0.05) is 26.7 Å². The number of ether oxygens (including phenoxy) is 1. The van der Waals surface area contributed by atoms with Gasteiger partial charge in [0.2, 0.25) is 0 Å². The highest BCUT2D eigenvalue weighted by atomic mass is 19.3. The molecule has 0 amide bonds. The van der Waals surface area contributed by atoms with Crippen LogP contribution < -0.4 is 0 Å². The molecule has 0 bridgehead atoms. The first kappa shape index (κ1) is 20.3. The molecule has 1 fully saturated rings. The third-order valence-electron chi connectivity index (χ3n) is 4.23. The Morgan fingerprint density at radius 3 is 2.09 bits per heavy atom. The Hall–Kier alpha value is -0.700. The predicted molar refractivity (Wildman–Crippen MR) is 90.7 cm³/mol. The molecular formula is C18H32F2N2O. The lowest BCUT2D eigenvalue weighted by Gasteiger charge is -2.35. The quantitative estimate of drug-likeness (QED) is 0.668. The molecule has 1 heterocycles. The summed E-state index contributed by atoms with van der Waals surface area (Å²) in [7, 11) is 0. The predicted octanol–water partition coefficient (Wildman–Crippen LogP) is 2.96. The van der Waals surface area contributed by atoms with Crippen molar-refractivity contribution in [3.8, 4) is 11.8 Å².